The van der Waals surface area contributed by atoms with Gasteiger partial charge in [-0.2, -0.15) is 0 Å². The van der Waals surface area contributed by atoms with Crippen LogP contribution in [0.2, 0.25) is 0 Å². The Labute approximate surface area is 111 Å². The summed E-state index contributed by atoms with van der Waals surface area (Å²) in [6, 6.07) is 9.17. The predicted molar refractivity (Wildman–Crippen MR) is 76.3 cm³/mol. The first-order valence-corrected chi connectivity index (χ1v) is 7.32. The SMILES string of the molecule is CCNC1CCCCC1c1ccccc1OCC. The Morgan fingerprint density at radius 2 is 1.94 bits per heavy atom. The van der Waals surface area contributed by atoms with E-state index in [1.807, 2.05) is 0 Å². The number of para-hydroxylation sites is 1. The Morgan fingerprint density at radius 3 is 2.72 bits per heavy atom. The molecule has 0 bridgehead atoms. The molecule has 18 heavy (non-hydrogen) atoms. The third kappa shape index (κ3) is 3.05. The summed E-state index contributed by atoms with van der Waals surface area (Å²) in [5.74, 6) is 1.69. The summed E-state index contributed by atoms with van der Waals surface area (Å²) in [6.07, 6.45) is 5.26. The number of likely N-dealkylation sites (N-methyl/N-ethyl adjacent to an activating group) is 1. The normalized spacial score (nSPS) is 23.9. The van der Waals surface area contributed by atoms with Crippen LogP contribution in [0.5, 0.6) is 5.75 Å². The first-order valence-electron chi connectivity index (χ1n) is 7.32. The van der Waals surface area contributed by atoms with E-state index < -0.39 is 0 Å². The summed E-state index contributed by atoms with van der Waals surface area (Å²) in [5, 5.41) is 3.65. The minimum Gasteiger partial charge on any atom is -0.494 e. The van der Waals surface area contributed by atoms with E-state index >= 15 is 0 Å². The van der Waals surface area contributed by atoms with E-state index in [-0.39, 0.29) is 0 Å². The van der Waals surface area contributed by atoms with Crippen LogP contribution in [0.25, 0.3) is 0 Å². The zero-order valence-corrected chi connectivity index (χ0v) is 11.6. The molecule has 2 nitrogen and oxygen atoms in total. The van der Waals surface area contributed by atoms with Crippen molar-refractivity contribution in [3.8, 4) is 5.75 Å². The van der Waals surface area contributed by atoms with E-state index in [9.17, 15) is 0 Å². The summed E-state index contributed by atoms with van der Waals surface area (Å²) in [6.45, 7) is 6.05. The Bertz CT molecular complexity index is 362. The van der Waals surface area contributed by atoms with Gasteiger partial charge >= 0.3 is 0 Å². The molecule has 0 aromatic heterocycles. The number of ether oxygens (including phenoxy) is 1. The first-order chi connectivity index (χ1) is 8.86. The Hall–Kier alpha value is -1.02. The van der Waals surface area contributed by atoms with Crippen LogP contribution in [0.1, 0.15) is 51.0 Å². The van der Waals surface area contributed by atoms with Gasteiger partial charge in [0.15, 0.2) is 0 Å². The molecule has 0 amide bonds. The maximum Gasteiger partial charge on any atom is 0.122 e. The highest BCUT2D eigenvalue weighted by Crippen LogP contribution is 2.37. The van der Waals surface area contributed by atoms with E-state index in [0.29, 0.717) is 12.0 Å². The minimum atomic E-state index is 0.612. The predicted octanol–water partition coefficient (Wildman–Crippen LogP) is 3.72. The lowest BCUT2D eigenvalue weighted by atomic mass is 9.79. The minimum absolute atomic E-state index is 0.612. The maximum atomic E-state index is 5.79. The van der Waals surface area contributed by atoms with Crippen LogP contribution in [0.15, 0.2) is 24.3 Å². The highest BCUT2D eigenvalue weighted by molar-refractivity contribution is 5.37. The van der Waals surface area contributed by atoms with Crippen LogP contribution in [0, 0.1) is 0 Å². The summed E-state index contributed by atoms with van der Waals surface area (Å²) < 4.78 is 5.79. The Balaban J connectivity index is 2.21. The second kappa shape index (κ2) is 6.79. The molecule has 1 saturated carbocycles. The number of hydrogen-bond acceptors (Lipinski definition) is 2. The maximum absolute atomic E-state index is 5.79. The van der Waals surface area contributed by atoms with Crippen molar-refractivity contribution in [2.75, 3.05) is 13.2 Å². The molecule has 0 saturated heterocycles. The molecule has 0 spiro atoms. The molecule has 1 fully saturated rings. The van der Waals surface area contributed by atoms with Gasteiger partial charge < -0.3 is 10.1 Å². The van der Waals surface area contributed by atoms with Gasteiger partial charge in [0.25, 0.3) is 0 Å². The van der Waals surface area contributed by atoms with Crippen molar-refractivity contribution in [3.63, 3.8) is 0 Å². The summed E-state index contributed by atoms with van der Waals surface area (Å²) in [4.78, 5) is 0. The van der Waals surface area contributed by atoms with Gasteiger partial charge in [-0.3, -0.25) is 0 Å². The summed E-state index contributed by atoms with van der Waals surface area (Å²) in [5.41, 5.74) is 1.39. The van der Waals surface area contributed by atoms with Crippen LogP contribution in [0.4, 0.5) is 0 Å². The number of nitrogens with one attached hydrogen (secondary N) is 1. The lowest BCUT2D eigenvalue weighted by Crippen LogP contribution is -2.37. The molecule has 100 valence electrons. The summed E-state index contributed by atoms with van der Waals surface area (Å²) in [7, 11) is 0. The number of hydrogen-bond donors (Lipinski definition) is 1. The zero-order chi connectivity index (χ0) is 12.8. The fourth-order valence-corrected chi connectivity index (χ4v) is 3.08. The van der Waals surface area contributed by atoms with Gasteiger partial charge in [0.1, 0.15) is 5.75 Å². The van der Waals surface area contributed by atoms with E-state index in [2.05, 4.69) is 43.4 Å². The smallest absolute Gasteiger partial charge is 0.122 e. The Morgan fingerprint density at radius 1 is 1.17 bits per heavy atom. The van der Waals surface area contributed by atoms with Gasteiger partial charge in [0, 0.05) is 12.0 Å². The molecule has 1 aromatic rings. The van der Waals surface area contributed by atoms with Gasteiger partial charge in [-0.1, -0.05) is 38.0 Å². The third-order valence-corrected chi connectivity index (χ3v) is 3.85. The molecular weight excluding hydrogens is 222 g/mol. The highest BCUT2D eigenvalue weighted by atomic mass is 16.5. The number of benzene rings is 1. The van der Waals surface area contributed by atoms with Gasteiger partial charge in [0.05, 0.1) is 6.61 Å². The second-order valence-corrected chi connectivity index (χ2v) is 5.03. The largest absolute Gasteiger partial charge is 0.494 e. The fourth-order valence-electron chi connectivity index (χ4n) is 3.08. The fraction of sp³-hybridized carbons (Fsp3) is 0.625. The molecule has 2 atom stereocenters. The highest BCUT2D eigenvalue weighted by Gasteiger charge is 2.27. The van der Waals surface area contributed by atoms with E-state index in [4.69, 9.17) is 4.74 Å². The average molecular weight is 247 g/mol. The molecule has 1 aromatic carbocycles. The van der Waals surface area contributed by atoms with Gasteiger partial charge in [-0.15, -0.1) is 0 Å². The van der Waals surface area contributed by atoms with Crippen molar-refractivity contribution in [3.05, 3.63) is 29.8 Å². The van der Waals surface area contributed by atoms with Crippen molar-refractivity contribution in [2.24, 2.45) is 0 Å². The van der Waals surface area contributed by atoms with Crippen LogP contribution in [0.3, 0.4) is 0 Å². The zero-order valence-electron chi connectivity index (χ0n) is 11.6. The van der Waals surface area contributed by atoms with E-state index in [0.717, 1.165) is 18.9 Å². The van der Waals surface area contributed by atoms with Gasteiger partial charge in [-0.25, -0.2) is 0 Å². The number of rotatable bonds is 5. The molecule has 2 rings (SSSR count). The van der Waals surface area contributed by atoms with Gasteiger partial charge in [0.2, 0.25) is 0 Å². The molecular formula is C16H25NO. The summed E-state index contributed by atoms with van der Waals surface area (Å²) >= 11 is 0. The van der Waals surface area contributed by atoms with Gasteiger partial charge in [-0.05, 0) is 37.9 Å². The van der Waals surface area contributed by atoms with E-state index in [1.165, 1.54) is 31.2 Å². The molecule has 2 heteroatoms. The van der Waals surface area contributed by atoms with Crippen LogP contribution in [-0.2, 0) is 0 Å². The van der Waals surface area contributed by atoms with Crippen LogP contribution < -0.4 is 10.1 Å². The van der Waals surface area contributed by atoms with Crippen molar-refractivity contribution in [1.82, 2.24) is 5.32 Å². The lowest BCUT2D eigenvalue weighted by Gasteiger charge is -2.33. The van der Waals surface area contributed by atoms with Crippen molar-refractivity contribution >= 4 is 0 Å². The Kier molecular flexibility index (Phi) is 5.06. The quantitative estimate of drug-likeness (QED) is 0.856. The molecule has 2 unspecified atom stereocenters. The average Bonchev–Trinajstić information content (AvgIpc) is 2.41. The molecule has 1 aliphatic rings. The van der Waals surface area contributed by atoms with Crippen molar-refractivity contribution in [2.45, 2.75) is 51.5 Å². The topological polar surface area (TPSA) is 21.3 Å². The second-order valence-electron chi connectivity index (χ2n) is 5.03. The molecule has 0 radical (unpaired) electrons. The lowest BCUT2D eigenvalue weighted by molar-refractivity contribution is 0.304. The van der Waals surface area contributed by atoms with E-state index in [1.54, 1.807) is 0 Å². The molecule has 0 heterocycles. The monoisotopic (exact) mass is 247 g/mol. The van der Waals surface area contributed by atoms with Crippen molar-refractivity contribution in [1.29, 1.82) is 0 Å². The molecule has 0 aliphatic heterocycles. The first kappa shape index (κ1) is 13.4. The van der Waals surface area contributed by atoms with Crippen LogP contribution >= 0.6 is 0 Å². The van der Waals surface area contributed by atoms with Crippen LogP contribution in [-0.4, -0.2) is 19.2 Å². The standard InChI is InChI=1S/C16H25NO/c1-3-17-15-11-7-5-9-13(15)14-10-6-8-12-16(14)18-4-2/h6,8,10,12-13,15,17H,3-5,7,9,11H2,1-2H3. The van der Waals surface area contributed by atoms with Crippen molar-refractivity contribution < 1.29 is 4.74 Å². The molecule has 1 aliphatic carbocycles. The third-order valence-electron chi connectivity index (χ3n) is 3.85. The molecule has 1 N–H and O–H groups in total.